The maximum atomic E-state index is 12.4. The Balaban J connectivity index is 2.81. The van der Waals surface area contributed by atoms with E-state index >= 15 is 0 Å². The molecule has 5 nitrogen and oxygen atoms in total. The third-order valence-electron chi connectivity index (χ3n) is 4.60. The van der Waals surface area contributed by atoms with Crippen LogP contribution in [0.15, 0.2) is 0 Å². The van der Waals surface area contributed by atoms with Crippen molar-refractivity contribution in [1.29, 1.82) is 0 Å². The van der Waals surface area contributed by atoms with Crippen LogP contribution in [0.25, 0.3) is 0 Å². The Morgan fingerprint density at radius 1 is 1.09 bits per heavy atom. The van der Waals surface area contributed by atoms with Gasteiger partial charge in [-0.1, -0.05) is 20.8 Å². The van der Waals surface area contributed by atoms with Gasteiger partial charge < -0.3 is 19.2 Å². The van der Waals surface area contributed by atoms with E-state index in [2.05, 4.69) is 33.9 Å². The lowest BCUT2D eigenvalue weighted by molar-refractivity contribution is 0.0119. The third-order valence-corrected chi connectivity index (χ3v) is 9.13. The van der Waals surface area contributed by atoms with Gasteiger partial charge in [0.15, 0.2) is 8.32 Å². The highest BCUT2D eigenvalue weighted by atomic mass is 28.4. The number of aliphatic hydroxyl groups is 1. The highest BCUT2D eigenvalue weighted by molar-refractivity contribution is 6.74. The molecule has 0 aromatic carbocycles. The first-order chi connectivity index (χ1) is 10.2. The smallest absolute Gasteiger partial charge is 0.410 e. The van der Waals surface area contributed by atoms with Crippen molar-refractivity contribution in [3.63, 3.8) is 0 Å². The second-order valence-corrected chi connectivity index (χ2v) is 13.9. The maximum Gasteiger partial charge on any atom is 0.410 e. The molecule has 6 heteroatoms. The number of nitrogens with zero attached hydrogens (tertiary/aromatic N) is 1. The fraction of sp³-hybridized carbons (Fsp3) is 0.941. The van der Waals surface area contributed by atoms with Gasteiger partial charge in [0.05, 0.1) is 18.8 Å². The number of likely N-dealkylation sites (tertiary alicyclic amines) is 1. The zero-order valence-corrected chi connectivity index (χ0v) is 17.1. The third kappa shape index (κ3) is 6.43. The Kier molecular flexibility index (Phi) is 6.32. The molecule has 0 aliphatic carbocycles. The molecule has 0 saturated carbocycles. The van der Waals surface area contributed by atoms with E-state index in [1.54, 1.807) is 4.90 Å². The van der Waals surface area contributed by atoms with E-state index in [1.807, 2.05) is 20.8 Å². The number of rotatable bonds is 2. The van der Waals surface area contributed by atoms with Crippen LogP contribution in [0.4, 0.5) is 4.79 Å². The van der Waals surface area contributed by atoms with Gasteiger partial charge in [0, 0.05) is 6.54 Å². The number of ether oxygens (including phenoxy) is 1. The predicted molar refractivity (Wildman–Crippen MR) is 95.1 cm³/mol. The summed E-state index contributed by atoms with van der Waals surface area (Å²) in [6, 6.07) is 0. The molecule has 2 atom stereocenters. The second kappa shape index (κ2) is 7.11. The average molecular weight is 346 g/mol. The van der Waals surface area contributed by atoms with Crippen molar-refractivity contribution < 1.29 is 19.1 Å². The van der Waals surface area contributed by atoms with Crippen molar-refractivity contribution in [2.75, 3.05) is 13.1 Å². The molecule has 23 heavy (non-hydrogen) atoms. The molecule has 1 saturated heterocycles. The number of amides is 1. The van der Waals surface area contributed by atoms with Crippen molar-refractivity contribution >= 4 is 14.4 Å². The van der Waals surface area contributed by atoms with Crippen molar-refractivity contribution in [3.05, 3.63) is 0 Å². The maximum absolute atomic E-state index is 12.4. The Morgan fingerprint density at radius 2 is 1.65 bits per heavy atom. The summed E-state index contributed by atoms with van der Waals surface area (Å²) in [5, 5.41) is 10.2. The lowest BCUT2D eigenvalue weighted by Gasteiger charge is -2.40. The van der Waals surface area contributed by atoms with E-state index in [4.69, 9.17) is 9.16 Å². The number of aliphatic hydroxyl groups excluding tert-OH is 1. The van der Waals surface area contributed by atoms with E-state index < -0.39 is 20.0 Å². The molecule has 0 unspecified atom stereocenters. The Hall–Kier alpha value is -0.593. The second-order valence-electron chi connectivity index (χ2n) is 9.12. The zero-order valence-electron chi connectivity index (χ0n) is 16.1. The molecule has 0 aromatic heterocycles. The van der Waals surface area contributed by atoms with Gasteiger partial charge in [-0.3, -0.25) is 0 Å². The topological polar surface area (TPSA) is 59.0 Å². The number of hydrogen-bond acceptors (Lipinski definition) is 4. The van der Waals surface area contributed by atoms with Crippen molar-refractivity contribution in [3.8, 4) is 0 Å². The quantitative estimate of drug-likeness (QED) is 0.774. The Labute approximate surface area is 142 Å². The Morgan fingerprint density at radius 3 is 2.13 bits per heavy atom. The zero-order chi connectivity index (χ0) is 18.1. The molecule has 0 bridgehead atoms. The summed E-state index contributed by atoms with van der Waals surface area (Å²) in [4.78, 5) is 14.0. The number of carbonyl (C=O) groups excluding carboxylic acids is 1. The van der Waals surface area contributed by atoms with Gasteiger partial charge >= 0.3 is 6.09 Å². The lowest BCUT2D eigenvalue weighted by Crippen LogP contribution is -2.48. The first-order valence-electron chi connectivity index (χ1n) is 8.55. The molecule has 136 valence electrons. The van der Waals surface area contributed by atoms with Crippen LogP contribution in [0, 0.1) is 0 Å². The van der Waals surface area contributed by atoms with Crippen LogP contribution in [0.1, 0.15) is 54.4 Å². The summed E-state index contributed by atoms with van der Waals surface area (Å²) in [6.45, 7) is 17.4. The first-order valence-corrected chi connectivity index (χ1v) is 11.5. The van der Waals surface area contributed by atoms with Crippen LogP contribution >= 0.6 is 0 Å². The number of β-amino-alcohol motifs (C(OH)–C–C–N with tert-alkyl or cyclic N) is 1. The first kappa shape index (κ1) is 20.5. The molecule has 1 amide bonds. The van der Waals surface area contributed by atoms with Crippen LogP contribution in [0.2, 0.25) is 18.1 Å². The van der Waals surface area contributed by atoms with E-state index in [1.165, 1.54) is 0 Å². The van der Waals surface area contributed by atoms with Gasteiger partial charge in [-0.15, -0.1) is 0 Å². The number of hydrogen-bond donors (Lipinski definition) is 1. The molecular weight excluding hydrogens is 310 g/mol. The largest absolute Gasteiger partial charge is 0.444 e. The summed E-state index contributed by atoms with van der Waals surface area (Å²) in [5.41, 5.74) is -0.538. The van der Waals surface area contributed by atoms with Gasteiger partial charge in [0.2, 0.25) is 0 Å². The fourth-order valence-electron chi connectivity index (χ4n) is 2.30. The number of carbonyl (C=O) groups is 1. The summed E-state index contributed by atoms with van der Waals surface area (Å²) in [6.07, 6.45) is 0.490. The van der Waals surface area contributed by atoms with Crippen LogP contribution in [0.5, 0.6) is 0 Å². The van der Waals surface area contributed by atoms with Crippen LogP contribution in [0.3, 0.4) is 0 Å². The summed E-state index contributed by atoms with van der Waals surface area (Å²) in [7, 11) is -1.91. The molecule has 1 heterocycles. The minimum atomic E-state index is -1.91. The van der Waals surface area contributed by atoms with Gasteiger partial charge in [-0.25, -0.2) is 4.79 Å². The standard InChI is InChI=1S/C17H35NO4Si/c1-16(2,3)21-15(20)18-11-13(19)9-10-14(12-18)22-23(7,8)17(4,5)6/h13-14,19H,9-12H2,1-8H3/t13-,14-/m0/s1. The van der Waals surface area contributed by atoms with Crippen molar-refractivity contribution in [2.45, 2.75) is 90.3 Å². The molecule has 1 aliphatic rings. The average Bonchev–Trinajstić information content (AvgIpc) is 2.47. The molecule has 0 aromatic rings. The highest BCUT2D eigenvalue weighted by Gasteiger charge is 2.40. The molecule has 1 rings (SSSR count). The SMILES string of the molecule is CC(C)(C)OC(=O)N1C[C@@H](O)CC[C@H](O[Si](C)(C)C(C)(C)C)C1. The highest BCUT2D eigenvalue weighted by Crippen LogP contribution is 2.38. The normalized spacial score (nSPS) is 24.3. The molecule has 0 spiro atoms. The molecule has 1 aliphatic heterocycles. The van der Waals surface area contributed by atoms with Crippen molar-refractivity contribution in [2.24, 2.45) is 0 Å². The fourth-order valence-corrected chi connectivity index (χ4v) is 3.68. The van der Waals surface area contributed by atoms with E-state index in [-0.39, 0.29) is 17.2 Å². The van der Waals surface area contributed by atoms with Gasteiger partial charge in [0.25, 0.3) is 0 Å². The van der Waals surface area contributed by atoms with E-state index in [0.717, 1.165) is 6.42 Å². The molecule has 0 radical (unpaired) electrons. The van der Waals surface area contributed by atoms with Gasteiger partial charge in [-0.05, 0) is 51.7 Å². The van der Waals surface area contributed by atoms with E-state index in [0.29, 0.717) is 19.5 Å². The molecule has 1 fully saturated rings. The minimum Gasteiger partial charge on any atom is -0.444 e. The summed E-state index contributed by atoms with van der Waals surface area (Å²) >= 11 is 0. The minimum absolute atomic E-state index is 0.0411. The van der Waals surface area contributed by atoms with E-state index in [9.17, 15) is 9.90 Å². The van der Waals surface area contributed by atoms with Crippen LogP contribution in [-0.2, 0) is 9.16 Å². The van der Waals surface area contributed by atoms with Crippen molar-refractivity contribution in [1.82, 2.24) is 4.90 Å². The van der Waals surface area contributed by atoms with Crippen LogP contribution < -0.4 is 0 Å². The Bertz CT molecular complexity index is 412. The lowest BCUT2D eigenvalue weighted by atomic mass is 10.1. The predicted octanol–water partition coefficient (Wildman–Crippen LogP) is 3.77. The van der Waals surface area contributed by atoms with Gasteiger partial charge in [-0.2, -0.15) is 0 Å². The molecule has 1 N–H and O–H groups in total. The monoisotopic (exact) mass is 345 g/mol. The molecular formula is C17H35NO4Si. The summed E-state index contributed by atoms with van der Waals surface area (Å²) in [5.74, 6) is 0. The van der Waals surface area contributed by atoms with Gasteiger partial charge in [0.1, 0.15) is 5.60 Å². The van der Waals surface area contributed by atoms with Crippen LogP contribution in [-0.4, -0.2) is 55.3 Å². The summed E-state index contributed by atoms with van der Waals surface area (Å²) < 4.78 is 11.9.